The number of hydrogen-bond donors (Lipinski definition) is 0. The van der Waals surface area contributed by atoms with Crippen LogP contribution < -0.4 is 0 Å². The van der Waals surface area contributed by atoms with E-state index in [0.29, 0.717) is 12.6 Å². The van der Waals surface area contributed by atoms with E-state index in [4.69, 9.17) is 6.42 Å². The predicted molar refractivity (Wildman–Crippen MR) is 77.5 cm³/mol. The van der Waals surface area contributed by atoms with Crippen molar-refractivity contribution < 1.29 is 0 Å². The molecule has 0 heterocycles. The standard InChI is InChI=1S/C17H23N/c1-4-13-18(3)14(2)15-9-11-17(12-10-15)16-7-5-6-8-16/h1,9-12,14,16H,5-8,13H2,2-3H3/t14-/m0/s1. The molecule has 0 spiro atoms. The van der Waals surface area contributed by atoms with Crippen molar-refractivity contribution in [3.63, 3.8) is 0 Å². The molecule has 18 heavy (non-hydrogen) atoms. The van der Waals surface area contributed by atoms with Crippen molar-refractivity contribution in [3.8, 4) is 12.3 Å². The molecule has 1 saturated carbocycles. The van der Waals surface area contributed by atoms with Gasteiger partial charge in [0.05, 0.1) is 6.54 Å². The smallest absolute Gasteiger partial charge is 0.0601 e. The van der Waals surface area contributed by atoms with Gasteiger partial charge in [-0.2, -0.15) is 0 Å². The molecule has 96 valence electrons. The van der Waals surface area contributed by atoms with Crippen LogP contribution in [0.1, 0.15) is 55.7 Å². The first-order chi connectivity index (χ1) is 8.72. The van der Waals surface area contributed by atoms with Crippen molar-refractivity contribution >= 4 is 0 Å². The zero-order chi connectivity index (χ0) is 13.0. The van der Waals surface area contributed by atoms with Crippen LogP contribution in [0.4, 0.5) is 0 Å². The Hall–Kier alpha value is -1.26. The van der Waals surface area contributed by atoms with Crippen LogP contribution in [-0.2, 0) is 0 Å². The molecule has 1 atom stereocenters. The van der Waals surface area contributed by atoms with E-state index in [1.54, 1.807) is 0 Å². The predicted octanol–water partition coefficient (Wildman–Crippen LogP) is 3.97. The number of rotatable bonds is 4. The summed E-state index contributed by atoms with van der Waals surface area (Å²) in [5.74, 6) is 3.50. The first-order valence-corrected chi connectivity index (χ1v) is 6.96. The lowest BCUT2D eigenvalue weighted by Crippen LogP contribution is -2.22. The summed E-state index contributed by atoms with van der Waals surface area (Å²) >= 11 is 0. The quantitative estimate of drug-likeness (QED) is 0.721. The molecule has 0 bridgehead atoms. The highest BCUT2D eigenvalue weighted by Crippen LogP contribution is 2.34. The van der Waals surface area contributed by atoms with E-state index in [2.05, 4.69) is 49.1 Å². The van der Waals surface area contributed by atoms with Gasteiger partial charge in [-0.25, -0.2) is 0 Å². The Balaban J connectivity index is 2.05. The largest absolute Gasteiger partial charge is 0.289 e. The Labute approximate surface area is 111 Å². The van der Waals surface area contributed by atoms with Crippen LogP contribution in [0.5, 0.6) is 0 Å². The molecule has 0 amide bonds. The van der Waals surface area contributed by atoms with Crippen LogP contribution in [0.3, 0.4) is 0 Å². The van der Waals surface area contributed by atoms with Crippen molar-refractivity contribution in [1.82, 2.24) is 4.90 Å². The molecule has 1 aliphatic carbocycles. The summed E-state index contributed by atoms with van der Waals surface area (Å²) in [4.78, 5) is 2.20. The molecule has 0 N–H and O–H groups in total. The van der Waals surface area contributed by atoms with E-state index in [9.17, 15) is 0 Å². The molecule has 1 nitrogen and oxygen atoms in total. The van der Waals surface area contributed by atoms with Gasteiger partial charge in [-0.05, 0) is 43.9 Å². The number of benzene rings is 1. The fourth-order valence-electron chi connectivity index (χ4n) is 2.84. The highest BCUT2D eigenvalue weighted by molar-refractivity contribution is 5.27. The van der Waals surface area contributed by atoms with Gasteiger partial charge >= 0.3 is 0 Å². The van der Waals surface area contributed by atoms with Crippen molar-refractivity contribution in [3.05, 3.63) is 35.4 Å². The van der Waals surface area contributed by atoms with Crippen LogP contribution in [0.15, 0.2) is 24.3 Å². The van der Waals surface area contributed by atoms with E-state index < -0.39 is 0 Å². The van der Waals surface area contributed by atoms with Gasteiger partial charge in [0.15, 0.2) is 0 Å². The summed E-state index contributed by atoms with van der Waals surface area (Å²) in [7, 11) is 2.08. The number of hydrogen-bond acceptors (Lipinski definition) is 1. The van der Waals surface area contributed by atoms with Crippen LogP contribution >= 0.6 is 0 Å². The highest BCUT2D eigenvalue weighted by Gasteiger charge is 2.17. The molecule has 1 heteroatoms. The van der Waals surface area contributed by atoms with E-state index in [1.165, 1.54) is 36.8 Å². The average molecular weight is 241 g/mol. The molecule has 1 aromatic rings. The van der Waals surface area contributed by atoms with Gasteiger partial charge in [0.1, 0.15) is 0 Å². The SMILES string of the molecule is C#CCN(C)[C@@H](C)c1ccc(C2CCCC2)cc1. The van der Waals surface area contributed by atoms with Crippen molar-refractivity contribution in [2.24, 2.45) is 0 Å². The lowest BCUT2D eigenvalue weighted by atomic mass is 9.95. The van der Waals surface area contributed by atoms with Crippen LogP contribution in [-0.4, -0.2) is 18.5 Å². The molecule has 0 radical (unpaired) electrons. The molecule has 0 aliphatic heterocycles. The van der Waals surface area contributed by atoms with E-state index in [1.807, 2.05) is 0 Å². The van der Waals surface area contributed by atoms with E-state index >= 15 is 0 Å². The Bertz CT molecular complexity index is 406. The fourth-order valence-corrected chi connectivity index (χ4v) is 2.84. The lowest BCUT2D eigenvalue weighted by Gasteiger charge is -2.23. The monoisotopic (exact) mass is 241 g/mol. The average Bonchev–Trinajstić information content (AvgIpc) is 2.92. The molecule has 0 saturated heterocycles. The molecule has 1 aromatic carbocycles. The van der Waals surface area contributed by atoms with Crippen LogP contribution in [0, 0.1) is 12.3 Å². The fraction of sp³-hybridized carbons (Fsp3) is 0.529. The topological polar surface area (TPSA) is 3.24 Å². The summed E-state index contributed by atoms with van der Waals surface area (Å²) in [6.45, 7) is 2.91. The minimum Gasteiger partial charge on any atom is -0.289 e. The lowest BCUT2D eigenvalue weighted by molar-refractivity contribution is 0.294. The van der Waals surface area contributed by atoms with Crippen molar-refractivity contribution in [2.45, 2.75) is 44.6 Å². The molecule has 1 aliphatic rings. The first-order valence-electron chi connectivity index (χ1n) is 6.96. The maximum absolute atomic E-state index is 5.36. The minimum absolute atomic E-state index is 0.388. The Morgan fingerprint density at radius 2 is 1.89 bits per heavy atom. The summed E-state index contributed by atoms with van der Waals surface area (Å²) in [5.41, 5.74) is 2.87. The maximum Gasteiger partial charge on any atom is 0.0601 e. The third-order valence-electron chi connectivity index (χ3n) is 4.25. The molecular formula is C17H23N. The zero-order valence-corrected chi connectivity index (χ0v) is 11.5. The Morgan fingerprint density at radius 1 is 1.28 bits per heavy atom. The molecule has 1 fully saturated rings. The maximum atomic E-state index is 5.36. The third-order valence-corrected chi connectivity index (χ3v) is 4.25. The summed E-state index contributed by atoms with van der Waals surface area (Å²) < 4.78 is 0. The molecular weight excluding hydrogens is 218 g/mol. The second kappa shape index (κ2) is 6.07. The Morgan fingerprint density at radius 3 is 2.44 bits per heavy atom. The van der Waals surface area contributed by atoms with E-state index in [0.717, 1.165) is 5.92 Å². The normalized spacial score (nSPS) is 17.9. The second-order valence-electron chi connectivity index (χ2n) is 5.44. The van der Waals surface area contributed by atoms with Crippen molar-refractivity contribution in [2.75, 3.05) is 13.6 Å². The van der Waals surface area contributed by atoms with Crippen LogP contribution in [0.2, 0.25) is 0 Å². The minimum atomic E-state index is 0.388. The van der Waals surface area contributed by atoms with Crippen molar-refractivity contribution in [1.29, 1.82) is 0 Å². The molecule has 2 rings (SSSR count). The summed E-state index contributed by atoms with van der Waals surface area (Å²) in [6, 6.07) is 9.55. The van der Waals surface area contributed by atoms with Gasteiger partial charge in [-0.15, -0.1) is 6.42 Å². The first kappa shape index (κ1) is 13.2. The molecule has 0 aromatic heterocycles. The van der Waals surface area contributed by atoms with Gasteiger partial charge in [-0.1, -0.05) is 43.0 Å². The zero-order valence-electron chi connectivity index (χ0n) is 11.5. The number of terminal acetylenes is 1. The van der Waals surface area contributed by atoms with Crippen LogP contribution in [0.25, 0.3) is 0 Å². The summed E-state index contributed by atoms with van der Waals surface area (Å²) in [6.07, 6.45) is 10.9. The number of nitrogens with zero attached hydrogens (tertiary/aromatic N) is 1. The van der Waals surface area contributed by atoms with Gasteiger partial charge in [-0.3, -0.25) is 4.90 Å². The van der Waals surface area contributed by atoms with Gasteiger partial charge < -0.3 is 0 Å². The summed E-state index contributed by atoms with van der Waals surface area (Å²) in [5, 5.41) is 0. The second-order valence-corrected chi connectivity index (χ2v) is 5.44. The van der Waals surface area contributed by atoms with E-state index in [-0.39, 0.29) is 0 Å². The van der Waals surface area contributed by atoms with Gasteiger partial charge in [0.25, 0.3) is 0 Å². The highest BCUT2D eigenvalue weighted by atomic mass is 15.1. The Kier molecular flexibility index (Phi) is 4.44. The van der Waals surface area contributed by atoms with Gasteiger partial charge in [0, 0.05) is 6.04 Å². The van der Waals surface area contributed by atoms with Gasteiger partial charge in [0.2, 0.25) is 0 Å². The molecule has 0 unspecified atom stereocenters. The third kappa shape index (κ3) is 2.94.